The number of aliphatic hydroxyl groups is 1. The van der Waals surface area contributed by atoms with Crippen LogP contribution in [0.25, 0.3) is 0 Å². The van der Waals surface area contributed by atoms with E-state index < -0.39 is 0 Å². The zero-order valence-electron chi connectivity index (χ0n) is 8.90. The average Bonchev–Trinajstić information content (AvgIpc) is 2.37. The van der Waals surface area contributed by atoms with Crippen LogP contribution in [-0.2, 0) is 6.61 Å². The molecule has 2 aromatic rings. The summed E-state index contributed by atoms with van der Waals surface area (Å²) in [5.41, 5.74) is 0.460. The van der Waals surface area contributed by atoms with Gasteiger partial charge in [0, 0.05) is 10.5 Å². The van der Waals surface area contributed by atoms with Gasteiger partial charge < -0.3 is 9.84 Å². The first-order valence-corrected chi connectivity index (χ1v) is 6.39. The van der Waals surface area contributed by atoms with E-state index in [-0.39, 0.29) is 12.5 Å². The smallest absolute Gasteiger partial charge is 0.237 e. The second-order valence-corrected chi connectivity index (χ2v) is 4.97. The molecule has 0 amide bonds. The maximum Gasteiger partial charge on any atom is 0.237 e. The molecule has 0 bridgehead atoms. The van der Waals surface area contributed by atoms with E-state index in [2.05, 4.69) is 25.9 Å². The highest BCUT2D eigenvalue weighted by Crippen LogP contribution is 2.35. The number of hydrogen-bond donors (Lipinski definition) is 1. The Bertz CT molecular complexity index is 564. The molecular weight excluding hydrogens is 343 g/mol. The second kappa shape index (κ2) is 5.84. The largest absolute Gasteiger partial charge is 0.436 e. The van der Waals surface area contributed by atoms with E-state index in [4.69, 9.17) is 33.0 Å². The van der Waals surface area contributed by atoms with Crippen molar-refractivity contribution in [1.29, 1.82) is 0 Å². The van der Waals surface area contributed by atoms with Crippen molar-refractivity contribution in [2.45, 2.75) is 6.61 Å². The predicted octanol–water partition coefficient (Wildman–Crippen LogP) is 3.83. The van der Waals surface area contributed by atoms with Crippen LogP contribution in [0, 0.1) is 0 Å². The van der Waals surface area contributed by atoms with Gasteiger partial charge in [0.05, 0.1) is 34.7 Å². The Hall–Kier alpha value is -0.880. The fraction of sp³-hybridized carbons (Fsp3) is 0.0909. The first kappa shape index (κ1) is 13.5. The van der Waals surface area contributed by atoms with Crippen LogP contribution in [0.3, 0.4) is 0 Å². The summed E-state index contributed by atoms with van der Waals surface area (Å²) in [5.74, 6) is 0.656. The van der Waals surface area contributed by atoms with Crippen LogP contribution in [-0.4, -0.2) is 15.1 Å². The summed E-state index contributed by atoms with van der Waals surface area (Å²) in [7, 11) is 0. The zero-order chi connectivity index (χ0) is 13.1. The minimum absolute atomic E-state index is 0.169. The molecule has 4 nitrogen and oxygen atoms in total. The fourth-order valence-electron chi connectivity index (χ4n) is 1.17. The molecule has 0 aliphatic rings. The molecule has 2 rings (SSSR count). The van der Waals surface area contributed by atoms with Gasteiger partial charge in [-0.2, -0.15) is 0 Å². The van der Waals surface area contributed by atoms with Crippen molar-refractivity contribution >= 4 is 39.1 Å². The van der Waals surface area contributed by atoms with Crippen molar-refractivity contribution in [2.24, 2.45) is 0 Å². The Morgan fingerprint density at radius 2 is 1.94 bits per heavy atom. The van der Waals surface area contributed by atoms with Crippen molar-refractivity contribution in [1.82, 2.24) is 9.97 Å². The third-order valence-electron chi connectivity index (χ3n) is 2.03. The first-order chi connectivity index (χ1) is 8.60. The van der Waals surface area contributed by atoms with Crippen LogP contribution in [0.4, 0.5) is 0 Å². The Morgan fingerprint density at radius 1 is 1.17 bits per heavy atom. The molecule has 1 heterocycles. The highest BCUT2D eigenvalue weighted by molar-refractivity contribution is 9.10. The van der Waals surface area contributed by atoms with Gasteiger partial charge in [0.2, 0.25) is 5.88 Å². The summed E-state index contributed by atoms with van der Waals surface area (Å²) in [6.45, 7) is -0.169. The van der Waals surface area contributed by atoms with Crippen molar-refractivity contribution in [3.05, 3.63) is 44.7 Å². The third kappa shape index (κ3) is 3.11. The average molecular weight is 350 g/mol. The van der Waals surface area contributed by atoms with Gasteiger partial charge in [-0.25, -0.2) is 4.98 Å². The number of nitrogens with zero attached hydrogens (tertiary/aromatic N) is 2. The minimum atomic E-state index is -0.169. The molecule has 0 saturated heterocycles. The van der Waals surface area contributed by atoms with Crippen LogP contribution in [0.1, 0.15) is 5.69 Å². The predicted molar refractivity (Wildman–Crippen MR) is 72.2 cm³/mol. The minimum Gasteiger partial charge on any atom is -0.436 e. The van der Waals surface area contributed by atoms with Crippen molar-refractivity contribution in [3.63, 3.8) is 0 Å². The molecule has 18 heavy (non-hydrogen) atoms. The van der Waals surface area contributed by atoms with Gasteiger partial charge in [-0.05, 0) is 22.0 Å². The van der Waals surface area contributed by atoms with E-state index >= 15 is 0 Å². The number of halogens is 3. The van der Waals surface area contributed by atoms with E-state index in [1.54, 1.807) is 12.1 Å². The lowest BCUT2D eigenvalue weighted by atomic mass is 10.3. The molecule has 0 unspecified atom stereocenters. The zero-order valence-corrected chi connectivity index (χ0v) is 12.0. The number of benzene rings is 1. The molecule has 1 N–H and O–H groups in total. The Morgan fingerprint density at radius 3 is 2.56 bits per heavy atom. The van der Waals surface area contributed by atoms with Crippen molar-refractivity contribution < 1.29 is 9.84 Å². The lowest BCUT2D eigenvalue weighted by molar-refractivity contribution is 0.276. The van der Waals surface area contributed by atoms with E-state index in [1.807, 2.05) is 0 Å². The maximum atomic E-state index is 8.84. The van der Waals surface area contributed by atoms with Crippen molar-refractivity contribution in [3.8, 4) is 11.6 Å². The molecule has 0 fully saturated rings. The van der Waals surface area contributed by atoms with Gasteiger partial charge in [-0.3, -0.25) is 4.98 Å². The monoisotopic (exact) mass is 348 g/mol. The van der Waals surface area contributed by atoms with E-state index in [9.17, 15) is 0 Å². The summed E-state index contributed by atoms with van der Waals surface area (Å²) in [4.78, 5) is 7.92. The quantitative estimate of drug-likeness (QED) is 0.855. The molecule has 1 aromatic heterocycles. The summed E-state index contributed by atoms with van der Waals surface area (Å²) in [6.07, 6.45) is 2.82. The molecule has 0 aliphatic heterocycles. The summed E-state index contributed by atoms with van der Waals surface area (Å²) < 4.78 is 6.14. The third-order valence-corrected chi connectivity index (χ3v) is 3.53. The van der Waals surface area contributed by atoms with E-state index in [1.165, 1.54) is 12.4 Å². The molecule has 7 heteroatoms. The van der Waals surface area contributed by atoms with Crippen LogP contribution < -0.4 is 4.74 Å². The molecule has 0 radical (unpaired) electrons. The lowest BCUT2D eigenvalue weighted by Gasteiger charge is -2.08. The van der Waals surface area contributed by atoms with Gasteiger partial charge in [0.1, 0.15) is 5.75 Å². The molecule has 0 spiro atoms. The van der Waals surface area contributed by atoms with E-state index in [0.717, 1.165) is 0 Å². The van der Waals surface area contributed by atoms with Crippen LogP contribution in [0.2, 0.25) is 10.0 Å². The Kier molecular flexibility index (Phi) is 4.40. The summed E-state index contributed by atoms with van der Waals surface area (Å²) >= 11 is 15.2. The highest BCUT2D eigenvalue weighted by atomic mass is 79.9. The summed E-state index contributed by atoms with van der Waals surface area (Å²) in [5, 5.41) is 9.73. The Labute approximate surface area is 122 Å². The standard InChI is InChI=1S/C11H7BrCl2N2O2/c12-7-1-9(14)10(2-8(7)13)18-11-4-15-6(5-17)3-16-11/h1-4,17H,5H2. The van der Waals surface area contributed by atoms with Gasteiger partial charge in [-0.1, -0.05) is 23.2 Å². The number of rotatable bonds is 3. The van der Waals surface area contributed by atoms with E-state index in [0.29, 0.717) is 26.0 Å². The van der Waals surface area contributed by atoms with Gasteiger partial charge in [0.25, 0.3) is 0 Å². The van der Waals surface area contributed by atoms with Gasteiger partial charge in [0.15, 0.2) is 0 Å². The van der Waals surface area contributed by atoms with Gasteiger partial charge in [-0.15, -0.1) is 0 Å². The highest BCUT2D eigenvalue weighted by Gasteiger charge is 2.08. The molecule has 94 valence electrons. The van der Waals surface area contributed by atoms with Crippen molar-refractivity contribution in [2.75, 3.05) is 0 Å². The number of hydrogen-bond acceptors (Lipinski definition) is 4. The SMILES string of the molecule is OCc1cnc(Oc2cc(Cl)c(Br)cc2Cl)cn1. The number of aromatic nitrogens is 2. The molecule has 0 saturated carbocycles. The van der Waals surface area contributed by atoms with Crippen LogP contribution in [0.5, 0.6) is 11.6 Å². The molecule has 0 aliphatic carbocycles. The normalized spacial score (nSPS) is 10.4. The number of ether oxygens (including phenoxy) is 1. The topological polar surface area (TPSA) is 55.2 Å². The first-order valence-electron chi connectivity index (χ1n) is 4.84. The summed E-state index contributed by atoms with van der Waals surface area (Å²) in [6, 6.07) is 3.21. The van der Waals surface area contributed by atoms with Crippen LogP contribution >= 0.6 is 39.1 Å². The van der Waals surface area contributed by atoms with Crippen LogP contribution in [0.15, 0.2) is 29.0 Å². The number of aliphatic hydroxyl groups excluding tert-OH is 1. The fourth-order valence-corrected chi connectivity index (χ4v) is 2.00. The molecular formula is C11H7BrCl2N2O2. The molecule has 1 aromatic carbocycles. The Balaban J connectivity index is 2.25. The lowest BCUT2D eigenvalue weighted by Crippen LogP contribution is -1.94. The second-order valence-electron chi connectivity index (χ2n) is 3.30. The van der Waals surface area contributed by atoms with Gasteiger partial charge >= 0.3 is 0 Å². The molecule has 0 atom stereocenters. The maximum absolute atomic E-state index is 8.84.